The average Bonchev–Trinajstić information content (AvgIpc) is 2.85. The minimum absolute atomic E-state index is 0.622. The minimum atomic E-state index is 0.622. The summed E-state index contributed by atoms with van der Waals surface area (Å²) in [5.41, 5.74) is 0.909. The fraction of sp³-hybridized carbons (Fsp3) is 0.750. The fourth-order valence-electron chi connectivity index (χ4n) is 1.48. The van der Waals surface area contributed by atoms with Crippen molar-refractivity contribution in [1.29, 1.82) is 0 Å². The number of anilines is 1. The predicted octanol–water partition coefficient (Wildman–Crippen LogP) is 0.883. The molecule has 1 N–H and O–H groups in total. The van der Waals surface area contributed by atoms with Crippen LogP contribution in [0.1, 0.15) is 12.6 Å². The molecular weight excluding hydrogens is 234 g/mol. The highest BCUT2D eigenvalue weighted by atomic mass is 16.5. The predicted molar refractivity (Wildman–Crippen MR) is 69.8 cm³/mol. The lowest BCUT2D eigenvalue weighted by molar-refractivity contribution is 0.188. The number of nitrogens with one attached hydrogen (secondary N) is 1. The summed E-state index contributed by atoms with van der Waals surface area (Å²) < 4.78 is 15.6. The Hall–Kier alpha value is -1.11. The van der Waals surface area contributed by atoms with Crippen molar-refractivity contribution in [2.24, 2.45) is 0 Å². The van der Waals surface area contributed by atoms with Crippen molar-refractivity contribution in [1.82, 2.24) is 10.3 Å². The monoisotopic (exact) mass is 257 g/mol. The number of oxazole rings is 1. The first kappa shape index (κ1) is 14.9. The molecule has 0 aliphatic heterocycles. The Morgan fingerprint density at radius 2 is 1.94 bits per heavy atom. The first-order valence-electron chi connectivity index (χ1n) is 6.19. The van der Waals surface area contributed by atoms with E-state index in [2.05, 4.69) is 17.2 Å². The highest BCUT2D eigenvalue weighted by Gasteiger charge is 2.12. The number of nitrogens with zero attached hydrogens (tertiary/aromatic N) is 2. The Bertz CT molecular complexity index is 309. The first-order valence-corrected chi connectivity index (χ1v) is 6.19. The highest BCUT2D eigenvalue weighted by molar-refractivity contribution is 5.26. The van der Waals surface area contributed by atoms with Crippen LogP contribution in [0.15, 0.2) is 10.7 Å². The van der Waals surface area contributed by atoms with E-state index in [0.717, 1.165) is 31.9 Å². The molecule has 0 radical (unpaired) electrons. The van der Waals surface area contributed by atoms with Gasteiger partial charge in [0.15, 0.2) is 0 Å². The molecule has 0 spiro atoms. The molecule has 1 rings (SSSR count). The van der Waals surface area contributed by atoms with Crippen LogP contribution in [0.5, 0.6) is 0 Å². The van der Waals surface area contributed by atoms with E-state index in [4.69, 9.17) is 13.9 Å². The lowest BCUT2D eigenvalue weighted by Gasteiger charge is -2.19. The Kier molecular flexibility index (Phi) is 7.40. The van der Waals surface area contributed by atoms with Gasteiger partial charge in [0.25, 0.3) is 6.01 Å². The molecule has 104 valence electrons. The summed E-state index contributed by atoms with van der Waals surface area (Å²) in [5, 5.41) is 3.21. The van der Waals surface area contributed by atoms with Crippen molar-refractivity contribution in [3.8, 4) is 0 Å². The molecule has 0 aliphatic rings. The number of ether oxygens (including phenoxy) is 2. The van der Waals surface area contributed by atoms with Crippen LogP contribution in [0.3, 0.4) is 0 Å². The van der Waals surface area contributed by atoms with Gasteiger partial charge in [-0.25, -0.2) is 0 Å². The van der Waals surface area contributed by atoms with Gasteiger partial charge < -0.3 is 24.1 Å². The fourth-order valence-corrected chi connectivity index (χ4v) is 1.48. The van der Waals surface area contributed by atoms with E-state index in [1.165, 1.54) is 0 Å². The van der Waals surface area contributed by atoms with Crippen LogP contribution >= 0.6 is 0 Å². The second-order valence-electron chi connectivity index (χ2n) is 3.87. The first-order chi connectivity index (χ1) is 8.81. The summed E-state index contributed by atoms with van der Waals surface area (Å²) in [6, 6.07) is 0.622. The van der Waals surface area contributed by atoms with E-state index in [9.17, 15) is 0 Å². The van der Waals surface area contributed by atoms with Gasteiger partial charge in [-0.3, -0.25) is 0 Å². The van der Waals surface area contributed by atoms with Crippen molar-refractivity contribution in [3.63, 3.8) is 0 Å². The zero-order chi connectivity index (χ0) is 13.2. The molecule has 0 unspecified atom stereocenters. The molecule has 6 nitrogen and oxygen atoms in total. The summed E-state index contributed by atoms with van der Waals surface area (Å²) in [6.07, 6.45) is 1.69. The van der Waals surface area contributed by atoms with E-state index in [1.807, 2.05) is 4.90 Å². The van der Waals surface area contributed by atoms with Crippen LogP contribution in [-0.2, 0) is 16.0 Å². The molecule has 0 aliphatic carbocycles. The van der Waals surface area contributed by atoms with E-state index >= 15 is 0 Å². The van der Waals surface area contributed by atoms with E-state index in [0.29, 0.717) is 19.2 Å². The summed E-state index contributed by atoms with van der Waals surface area (Å²) in [4.78, 5) is 6.46. The molecule has 1 aromatic heterocycles. The normalized spacial score (nSPS) is 10.8. The maximum absolute atomic E-state index is 5.48. The standard InChI is InChI=1S/C12H23N3O3/c1-4-13-9-11-10-18-12(14-11)15(5-7-16-2)6-8-17-3/h10,13H,4-9H2,1-3H3. The van der Waals surface area contributed by atoms with Crippen LogP contribution in [0.2, 0.25) is 0 Å². The minimum Gasteiger partial charge on any atom is -0.432 e. The van der Waals surface area contributed by atoms with Gasteiger partial charge in [-0.05, 0) is 6.54 Å². The number of hydrogen-bond acceptors (Lipinski definition) is 6. The van der Waals surface area contributed by atoms with Crippen molar-refractivity contribution >= 4 is 6.01 Å². The SMILES string of the molecule is CCNCc1coc(N(CCOC)CCOC)n1. The molecule has 18 heavy (non-hydrogen) atoms. The van der Waals surface area contributed by atoms with Gasteiger partial charge in [-0.1, -0.05) is 6.92 Å². The number of methoxy groups -OCH3 is 2. The van der Waals surface area contributed by atoms with Gasteiger partial charge in [-0.15, -0.1) is 0 Å². The summed E-state index contributed by atoms with van der Waals surface area (Å²) in [5.74, 6) is 0. The maximum Gasteiger partial charge on any atom is 0.297 e. The molecule has 1 heterocycles. The molecule has 1 aromatic rings. The van der Waals surface area contributed by atoms with Crippen LogP contribution in [-0.4, -0.2) is 52.1 Å². The van der Waals surface area contributed by atoms with E-state index in [1.54, 1.807) is 20.5 Å². The van der Waals surface area contributed by atoms with Crippen molar-refractivity contribution in [2.75, 3.05) is 52.0 Å². The zero-order valence-corrected chi connectivity index (χ0v) is 11.4. The molecule has 0 amide bonds. The van der Waals surface area contributed by atoms with Crippen LogP contribution in [0.25, 0.3) is 0 Å². The van der Waals surface area contributed by atoms with Crippen molar-refractivity contribution < 1.29 is 13.9 Å². The lowest BCUT2D eigenvalue weighted by Crippen LogP contribution is -2.31. The average molecular weight is 257 g/mol. The van der Waals surface area contributed by atoms with Crippen LogP contribution in [0.4, 0.5) is 6.01 Å². The topological polar surface area (TPSA) is 59.8 Å². The largest absolute Gasteiger partial charge is 0.432 e. The number of aromatic nitrogens is 1. The smallest absolute Gasteiger partial charge is 0.297 e. The third-order valence-corrected chi connectivity index (χ3v) is 2.50. The van der Waals surface area contributed by atoms with Crippen LogP contribution < -0.4 is 10.2 Å². The molecule has 0 saturated heterocycles. The molecule has 0 atom stereocenters. The Morgan fingerprint density at radius 1 is 1.28 bits per heavy atom. The van der Waals surface area contributed by atoms with Gasteiger partial charge in [0.1, 0.15) is 6.26 Å². The summed E-state index contributed by atoms with van der Waals surface area (Å²) >= 11 is 0. The highest BCUT2D eigenvalue weighted by Crippen LogP contribution is 2.13. The molecule has 0 aromatic carbocycles. The molecule has 0 fully saturated rings. The molecule has 0 saturated carbocycles. The van der Waals surface area contributed by atoms with E-state index < -0.39 is 0 Å². The third kappa shape index (κ3) is 5.03. The third-order valence-electron chi connectivity index (χ3n) is 2.50. The van der Waals surface area contributed by atoms with Crippen LogP contribution in [0, 0.1) is 0 Å². The molecular formula is C12H23N3O3. The zero-order valence-electron chi connectivity index (χ0n) is 11.4. The van der Waals surface area contributed by atoms with Gasteiger partial charge in [-0.2, -0.15) is 4.98 Å². The number of rotatable bonds is 10. The summed E-state index contributed by atoms with van der Waals surface area (Å²) in [7, 11) is 3.36. The van der Waals surface area contributed by atoms with Gasteiger partial charge in [0.05, 0.1) is 18.9 Å². The van der Waals surface area contributed by atoms with Crippen molar-refractivity contribution in [3.05, 3.63) is 12.0 Å². The Labute approximate surface area is 108 Å². The van der Waals surface area contributed by atoms with Crippen molar-refractivity contribution in [2.45, 2.75) is 13.5 Å². The van der Waals surface area contributed by atoms with Gasteiger partial charge in [0, 0.05) is 33.9 Å². The molecule has 0 bridgehead atoms. The van der Waals surface area contributed by atoms with E-state index in [-0.39, 0.29) is 0 Å². The number of hydrogen-bond donors (Lipinski definition) is 1. The second kappa shape index (κ2) is 8.91. The maximum atomic E-state index is 5.48. The van der Waals surface area contributed by atoms with Gasteiger partial charge in [0.2, 0.25) is 0 Å². The summed E-state index contributed by atoms with van der Waals surface area (Å²) in [6.45, 7) is 6.44. The second-order valence-corrected chi connectivity index (χ2v) is 3.87. The Balaban J connectivity index is 2.56. The lowest BCUT2D eigenvalue weighted by atomic mass is 10.5. The Morgan fingerprint density at radius 3 is 2.50 bits per heavy atom. The molecule has 6 heteroatoms. The van der Waals surface area contributed by atoms with Gasteiger partial charge >= 0.3 is 0 Å². The quantitative estimate of drug-likeness (QED) is 0.671.